The number of ether oxygens (including phenoxy) is 1. The number of hydrogen-bond acceptors (Lipinski definition) is 2. The van der Waals surface area contributed by atoms with Crippen molar-refractivity contribution in [1.82, 2.24) is 0 Å². The van der Waals surface area contributed by atoms with Crippen molar-refractivity contribution in [2.45, 2.75) is 77.2 Å². The summed E-state index contributed by atoms with van der Waals surface area (Å²) in [4.78, 5) is 18.7. The molecule has 0 aliphatic heterocycles. The molecule has 2 N–H and O–H groups in total. The molecule has 0 heterocycles. The van der Waals surface area contributed by atoms with E-state index in [9.17, 15) is 36.3 Å². The molecule has 0 amide bonds. The average Bonchev–Trinajstić information content (AvgIpc) is 2.64. The molecule has 0 fully saturated rings. The van der Waals surface area contributed by atoms with Gasteiger partial charge >= 0.3 is 7.60 Å². The van der Waals surface area contributed by atoms with Crippen LogP contribution in [0.3, 0.4) is 0 Å². The molecule has 1 aromatic carbocycles. The molecule has 0 radical (unpaired) electrons. The fourth-order valence-corrected chi connectivity index (χ4v) is 3.55. The lowest BCUT2D eigenvalue weighted by molar-refractivity contribution is 0.0619. The first-order valence-corrected chi connectivity index (χ1v) is 11.0. The first-order chi connectivity index (χ1) is 13.1. The second kappa shape index (κ2) is 11.9. The highest BCUT2D eigenvalue weighted by Crippen LogP contribution is 2.45. The molecular weight excluding hydrogens is 406 g/mol. The largest absolute Gasteiger partial charge is 0.361 e. The van der Waals surface area contributed by atoms with Gasteiger partial charge in [-0.05, 0) is 6.42 Å². The van der Waals surface area contributed by atoms with Gasteiger partial charge in [0.05, 0.1) is 12.2 Å². The minimum Gasteiger partial charge on any atom is -0.361 e. The zero-order valence-electron chi connectivity index (χ0n) is 15.7. The van der Waals surface area contributed by atoms with E-state index >= 15 is 0 Å². The first kappa shape index (κ1) is 25.0. The van der Waals surface area contributed by atoms with Crippen molar-refractivity contribution >= 4 is 7.60 Å². The van der Waals surface area contributed by atoms with Crippen molar-refractivity contribution in [1.29, 1.82) is 0 Å². The van der Waals surface area contributed by atoms with Gasteiger partial charge in [0.2, 0.25) is 5.82 Å². The van der Waals surface area contributed by atoms with E-state index in [2.05, 4.69) is 6.92 Å². The van der Waals surface area contributed by atoms with E-state index in [1.165, 1.54) is 0 Å². The number of hydrogen-bond donors (Lipinski definition) is 2. The van der Waals surface area contributed by atoms with Crippen LogP contribution in [-0.4, -0.2) is 15.6 Å². The van der Waals surface area contributed by atoms with Crippen LogP contribution in [0, 0.1) is 29.1 Å². The lowest BCUT2D eigenvalue weighted by Crippen LogP contribution is -2.16. The molecule has 0 bridgehead atoms. The van der Waals surface area contributed by atoms with Crippen molar-refractivity contribution in [3.8, 4) is 0 Å². The van der Waals surface area contributed by atoms with Gasteiger partial charge in [-0.15, -0.1) is 0 Å². The summed E-state index contributed by atoms with van der Waals surface area (Å²) in [6, 6.07) is 0. The maximum absolute atomic E-state index is 13.6. The third-order valence-corrected chi connectivity index (χ3v) is 5.56. The summed E-state index contributed by atoms with van der Waals surface area (Å²) in [5, 5.41) is 0. The molecule has 0 saturated carbocycles. The maximum Gasteiger partial charge on any atom is 0.354 e. The van der Waals surface area contributed by atoms with Crippen LogP contribution < -0.4 is 0 Å². The molecular formula is C18H26F5O4P. The number of benzene rings is 1. The van der Waals surface area contributed by atoms with Crippen LogP contribution >= 0.6 is 7.60 Å². The third kappa shape index (κ3) is 7.43. The molecule has 1 aromatic rings. The SMILES string of the molecule is CCCCCCCCCCC(OCc1c(F)c(F)c(F)c(F)c1F)P(=O)(O)O. The molecule has 1 rings (SSSR count). The first-order valence-electron chi connectivity index (χ1n) is 9.28. The summed E-state index contributed by atoms with van der Waals surface area (Å²) in [6.07, 6.45) is 7.36. The number of halogens is 5. The molecule has 1 atom stereocenters. The van der Waals surface area contributed by atoms with Gasteiger partial charge in [-0.2, -0.15) is 0 Å². The van der Waals surface area contributed by atoms with Gasteiger partial charge in [-0.3, -0.25) is 4.57 Å². The second-order valence-electron chi connectivity index (χ2n) is 6.67. The zero-order valence-corrected chi connectivity index (χ0v) is 16.6. The van der Waals surface area contributed by atoms with E-state index in [4.69, 9.17) is 4.74 Å². The molecule has 1 unspecified atom stereocenters. The Morgan fingerprint density at radius 1 is 0.786 bits per heavy atom. The predicted octanol–water partition coefficient (Wildman–Crippen LogP) is 5.93. The van der Waals surface area contributed by atoms with Crippen LogP contribution in [0.1, 0.15) is 70.3 Å². The Hall–Kier alpha value is -1.02. The highest BCUT2D eigenvalue weighted by molar-refractivity contribution is 7.52. The van der Waals surface area contributed by atoms with E-state index in [0.717, 1.165) is 38.5 Å². The second-order valence-corrected chi connectivity index (χ2v) is 8.42. The van der Waals surface area contributed by atoms with Crippen LogP contribution in [0.5, 0.6) is 0 Å². The van der Waals surface area contributed by atoms with Gasteiger partial charge in [-0.25, -0.2) is 22.0 Å². The van der Waals surface area contributed by atoms with Gasteiger partial charge in [0.15, 0.2) is 29.1 Å². The van der Waals surface area contributed by atoms with Gasteiger partial charge in [0, 0.05) is 0 Å². The molecule has 10 heteroatoms. The van der Waals surface area contributed by atoms with E-state index in [0.29, 0.717) is 12.8 Å². The summed E-state index contributed by atoms with van der Waals surface area (Å²) >= 11 is 0. The summed E-state index contributed by atoms with van der Waals surface area (Å²) in [7, 11) is -4.78. The quantitative estimate of drug-likeness (QED) is 0.133. The van der Waals surface area contributed by atoms with E-state index in [1.54, 1.807) is 0 Å². The van der Waals surface area contributed by atoms with Crippen LogP contribution in [-0.2, 0) is 15.9 Å². The van der Waals surface area contributed by atoms with E-state index < -0.39 is 54.7 Å². The minimum atomic E-state index is -4.78. The fraction of sp³-hybridized carbons (Fsp3) is 0.667. The predicted molar refractivity (Wildman–Crippen MR) is 94.1 cm³/mol. The monoisotopic (exact) mass is 432 g/mol. The summed E-state index contributed by atoms with van der Waals surface area (Å²) in [5.74, 6) is -12.4. The molecule has 0 aromatic heterocycles. The van der Waals surface area contributed by atoms with Crippen LogP contribution in [0.4, 0.5) is 22.0 Å². The summed E-state index contributed by atoms with van der Waals surface area (Å²) in [6.45, 7) is 0.966. The van der Waals surface area contributed by atoms with Crippen LogP contribution in [0.15, 0.2) is 0 Å². The van der Waals surface area contributed by atoms with E-state index in [1.807, 2.05) is 0 Å². The summed E-state index contributed by atoms with van der Waals surface area (Å²) < 4.78 is 83.1. The standard InChI is InChI=1S/C18H26F5O4P/c1-2-3-4-5-6-7-8-9-10-13(28(24,25)26)27-11-12-14(19)16(21)18(23)17(22)15(12)20/h13H,2-11H2,1H3,(H2,24,25,26). The molecule has 0 aliphatic rings. The van der Waals surface area contributed by atoms with E-state index in [-0.39, 0.29) is 6.42 Å². The third-order valence-electron chi connectivity index (χ3n) is 4.40. The Balaban J connectivity index is 2.61. The fourth-order valence-electron chi connectivity index (χ4n) is 2.76. The Bertz CT molecular complexity index is 651. The zero-order chi connectivity index (χ0) is 21.3. The molecule has 0 saturated heterocycles. The Morgan fingerprint density at radius 2 is 1.21 bits per heavy atom. The number of unbranched alkanes of at least 4 members (excludes halogenated alkanes) is 7. The Labute approximate surface area is 161 Å². The smallest absolute Gasteiger partial charge is 0.354 e. The average molecular weight is 432 g/mol. The van der Waals surface area contributed by atoms with Crippen molar-refractivity contribution in [2.75, 3.05) is 0 Å². The van der Waals surface area contributed by atoms with Crippen molar-refractivity contribution < 1.29 is 41.0 Å². The normalized spacial score (nSPS) is 13.1. The molecule has 162 valence electrons. The van der Waals surface area contributed by atoms with Gasteiger partial charge in [-0.1, -0.05) is 58.3 Å². The highest BCUT2D eigenvalue weighted by Gasteiger charge is 2.31. The van der Waals surface area contributed by atoms with Gasteiger partial charge in [0.1, 0.15) is 0 Å². The Morgan fingerprint density at radius 3 is 1.68 bits per heavy atom. The molecule has 4 nitrogen and oxygen atoms in total. The maximum atomic E-state index is 13.6. The van der Waals surface area contributed by atoms with Crippen molar-refractivity contribution in [2.24, 2.45) is 0 Å². The topological polar surface area (TPSA) is 66.8 Å². The van der Waals surface area contributed by atoms with Crippen molar-refractivity contribution in [3.05, 3.63) is 34.6 Å². The molecule has 0 spiro atoms. The van der Waals surface area contributed by atoms with Crippen LogP contribution in [0.2, 0.25) is 0 Å². The lowest BCUT2D eigenvalue weighted by Gasteiger charge is -2.19. The van der Waals surface area contributed by atoms with Gasteiger partial charge < -0.3 is 14.5 Å². The highest BCUT2D eigenvalue weighted by atomic mass is 31.2. The summed E-state index contributed by atoms with van der Waals surface area (Å²) in [5.41, 5.74) is -1.26. The number of rotatable bonds is 13. The Kier molecular flexibility index (Phi) is 10.6. The molecule has 0 aliphatic carbocycles. The minimum absolute atomic E-state index is 0.0887. The van der Waals surface area contributed by atoms with Crippen LogP contribution in [0.25, 0.3) is 0 Å². The van der Waals surface area contributed by atoms with Gasteiger partial charge in [0.25, 0.3) is 0 Å². The van der Waals surface area contributed by atoms with Crippen molar-refractivity contribution in [3.63, 3.8) is 0 Å². The lowest BCUT2D eigenvalue weighted by atomic mass is 10.1. The molecule has 28 heavy (non-hydrogen) atoms.